The van der Waals surface area contributed by atoms with Crippen LogP contribution in [-0.2, 0) is 20.8 Å². The van der Waals surface area contributed by atoms with Crippen LogP contribution in [0.25, 0.3) is 5.69 Å². The van der Waals surface area contributed by atoms with Gasteiger partial charge in [-0.05, 0) is 37.0 Å². The predicted molar refractivity (Wildman–Crippen MR) is 95.1 cm³/mol. The number of hydrogen-bond donors (Lipinski definition) is 0. The SMILES string of the molecule is O=COCCC1=CCCCC1N(c1ccc(-n2cncn2)cc1F)S(=O)[O-]. The van der Waals surface area contributed by atoms with Crippen LogP contribution < -0.4 is 4.31 Å². The molecule has 0 spiro atoms. The van der Waals surface area contributed by atoms with Crippen LogP contribution >= 0.6 is 0 Å². The molecule has 1 aliphatic rings. The average Bonchev–Trinajstić information content (AvgIpc) is 3.19. The molecule has 10 heteroatoms. The third-order valence-electron chi connectivity index (χ3n) is 4.39. The van der Waals surface area contributed by atoms with Crippen LogP contribution in [0.15, 0.2) is 42.5 Å². The summed E-state index contributed by atoms with van der Waals surface area (Å²) in [6.45, 7) is 0.503. The lowest BCUT2D eigenvalue weighted by Crippen LogP contribution is -2.40. The summed E-state index contributed by atoms with van der Waals surface area (Å²) in [6, 6.07) is 3.69. The Hall–Kier alpha value is -2.59. The molecule has 8 nitrogen and oxygen atoms in total. The molecule has 1 heterocycles. The summed E-state index contributed by atoms with van der Waals surface area (Å²) in [5.41, 5.74) is 1.21. The second kappa shape index (κ2) is 8.87. The zero-order valence-corrected chi connectivity index (χ0v) is 15.2. The van der Waals surface area contributed by atoms with Crippen molar-refractivity contribution in [2.45, 2.75) is 31.7 Å². The summed E-state index contributed by atoms with van der Waals surface area (Å²) >= 11 is -2.68. The molecule has 2 atom stereocenters. The summed E-state index contributed by atoms with van der Waals surface area (Å²) in [6.07, 6.45) is 7.23. The van der Waals surface area contributed by atoms with E-state index in [1.165, 1.54) is 29.5 Å². The van der Waals surface area contributed by atoms with Crippen molar-refractivity contribution >= 4 is 23.4 Å². The molecule has 1 aromatic carbocycles. The van der Waals surface area contributed by atoms with Gasteiger partial charge in [0, 0.05) is 23.8 Å². The number of benzene rings is 1. The third-order valence-corrected chi connectivity index (χ3v) is 5.16. The van der Waals surface area contributed by atoms with E-state index in [1.54, 1.807) is 6.07 Å². The highest BCUT2D eigenvalue weighted by molar-refractivity contribution is 7.80. The van der Waals surface area contributed by atoms with E-state index in [0.29, 0.717) is 25.0 Å². The van der Waals surface area contributed by atoms with Gasteiger partial charge >= 0.3 is 0 Å². The highest BCUT2D eigenvalue weighted by Crippen LogP contribution is 2.33. The number of ether oxygens (including phenoxy) is 1. The zero-order chi connectivity index (χ0) is 19.2. The van der Waals surface area contributed by atoms with Gasteiger partial charge in [0.05, 0.1) is 24.0 Å². The highest BCUT2D eigenvalue weighted by atomic mass is 32.2. The van der Waals surface area contributed by atoms with Crippen molar-refractivity contribution in [2.24, 2.45) is 0 Å². The molecule has 0 fully saturated rings. The lowest BCUT2D eigenvalue weighted by atomic mass is 9.91. The van der Waals surface area contributed by atoms with Gasteiger partial charge in [0.25, 0.3) is 6.47 Å². The third kappa shape index (κ3) is 4.40. The van der Waals surface area contributed by atoms with Crippen LogP contribution in [0.1, 0.15) is 25.7 Å². The average molecular weight is 393 g/mol. The fraction of sp³-hybridized carbons (Fsp3) is 0.353. The van der Waals surface area contributed by atoms with E-state index >= 15 is 0 Å². The van der Waals surface area contributed by atoms with Crippen LogP contribution in [0.5, 0.6) is 0 Å². The molecule has 27 heavy (non-hydrogen) atoms. The van der Waals surface area contributed by atoms with E-state index in [4.69, 9.17) is 4.74 Å². The Morgan fingerprint density at radius 2 is 2.33 bits per heavy atom. The van der Waals surface area contributed by atoms with Crippen LogP contribution in [0.3, 0.4) is 0 Å². The molecule has 0 amide bonds. The van der Waals surface area contributed by atoms with Crippen molar-refractivity contribution in [3.63, 3.8) is 0 Å². The van der Waals surface area contributed by atoms with Gasteiger partial charge in [0.2, 0.25) is 0 Å². The van der Waals surface area contributed by atoms with Gasteiger partial charge < -0.3 is 9.29 Å². The molecular formula is C17H18FN4O4S-. The van der Waals surface area contributed by atoms with Gasteiger partial charge in [0.1, 0.15) is 18.5 Å². The van der Waals surface area contributed by atoms with Crippen LogP contribution in [0.4, 0.5) is 10.1 Å². The molecule has 0 radical (unpaired) electrons. The molecule has 2 unspecified atom stereocenters. The van der Waals surface area contributed by atoms with E-state index in [2.05, 4.69) is 10.1 Å². The number of carbonyl (C=O) groups excluding carboxylic acids is 1. The fourth-order valence-corrected chi connectivity index (χ4v) is 3.95. The Bertz CT molecular complexity index is 843. The molecule has 2 aromatic rings. The van der Waals surface area contributed by atoms with Gasteiger partial charge in [-0.2, -0.15) is 5.10 Å². The minimum Gasteiger partial charge on any atom is -0.755 e. The number of anilines is 1. The van der Waals surface area contributed by atoms with Crippen LogP contribution in [0, 0.1) is 5.82 Å². The number of allylic oxidation sites excluding steroid dienone is 1. The Morgan fingerprint density at radius 3 is 3.00 bits per heavy atom. The number of hydrogen-bond acceptors (Lipinski definition) is 6. The Balaban J connectivity index is 1.90. The minimum atomic E-state index is -2.68. The van der Waals surface area contributed by atoms with Crippen LogP contribution in [-0.4, -0.2) is 42.6 Å². The normalized spacial score (nSPS) is 17.9. The topological polar surface area (TPSA) is 100 Å². The van der Waals surface area contributed by atoms with Gasteiger partial charge in [-0.3, -0.25) is 13.3 Å². The maximum Gasteiger partial charge on any atom is 0.293 e. The lowest BCUT2D eigenvalue weighted by Gasteiger charge is -2.38. The molecule has 144 valence electrons. The lowest BCUT2D eigenvalue weighted by molar-refractivity contribution is -0.128. The summed E-state index contributed by atoms with van der Waals surface area (Å²) in [4.78, 5) is 14.2. The molecule has 0 saturated carbocycles. The van der Waals surface area contributed by atoms with Gasteiger partial charge in [0.15, 0.2) is 0 Å². The number of aromatic nitrogens is 3. The molecule has 3 rings (SSSR count). The summed E-state index contributed by atoms with van der Waals surface area (Å²) < 4.78 is 45.8. The van der Waals surface area contributed by atoms with Crippen molar-refractivity contribution in [3.05, 3.63) is 48.3 Å². The van der Waals surface area contributed by atoms with E-state index in [1.807, 2.05) is 6.08 Å². The number of rotatable bonds is 8. The van der Waals surface area contributed by atoms with Gasteiger partial charge in [-0.25, -0.2) is 14.1 Å². The van der Waals surface area contributed by atoms with Crippen molar-refractivity contribution in [1.29, 1.82) is 0 Å². The van der Waals surface area contributed by atoms with Crippen molar-refractivity contribution in [1.82, 2.24) is 14.8 Å². The second-order valence-electron chi connectivity index (χ2n) is 5.96. The maximum absolute atomic E-state index is 14.8. The summed E-state index contributed by atoms with van der Waals surface area (Å²) in [7, 11) is 0. The Labute approximate surface area is 158 Å². The Kier molecular flexibility index (Phi) is 6.30. The highest BCUT2D eigenvalue weighted by Gasteiger charge is 2.28. The van der Waals surface area contributed by atoms with E-state index in [9.17, 15) is 17.9 Å². The first kappa shape index (κ1) is 19.2. The summed E-state index contributed by atoms with van der Waals surface area (Å²) in [5, 5.41) is 3.93. The number of carbonyl (C=O) groups is 1. The quantitative estimate of drug-likeness (QED) is 0.294. The molecular weight excluding hydrogens is 375 g/mol. The monoisotopic (exact) mass is 393 g/mol. The van der Waals surface area contributed by atoms with E-state index in [-0.39, 0.29) is 12.3 Å². The van der Waals surface area contributed by atoms with Crippen molar-refractivity contribution in [2.75, 3.05) is 10.9 Å². The molecule has 0 saturated heterocycles. The zero-order valence-electron chi connectivity index (χ0n) is 14.4. The first-order valence-electron chi connectivity index (χ1n) is 8.39. The van der Waals surface area contributed by atoms with E-state index < -0.39 is 23.1 Å². The number of nitrogens with zero attached hydrogens (tertiary/aromatic N) is 4. The standard InChI is InChI=1S/C17H19FN4O4S/c18-15-9-14(21-11-19-10-20-21)5-6-17(15)22(27(24)25)16-4-2-1-3-13(16)7-8-26-12-23/h3,5-6,9-12,16H,1-2,4,7-8H2,(H,24,25)/p-1. The molecule has 0 N–H and O–H groups in total. The smallest absolute Gasteiger partial charge is 0.293 e. The molecule has 0 aliphatic heterocycles. The first-order valence-corrected chi connectivity index (χ1v) is 9.42. The minimum absolute atomic E-state index is 0.0405. The van der Waals surface area contributed by atoms with Crippen molar-refractivity contribution in [3.8, 4) is 5.69 Å². The predicted octanol–water partition coefficient (Wildman–Crippen LogP) is 2.05. The van der Waals surface area contributed by atoms with Gasteiger partial charge in [-0.1, -0.05) is 6.08 Å². The Morgan fingerprint density at radius 1 is 1.48 bits per heavy atom. The van der Waals surface area contributed by atoms with Crippen molar-refractivity contribution < 1.29 is 22.7 Å². The van der Waals surface area contributed by atoms with E-state index in [0.717, 1.165) is 22.7 Å². The fourth-order valence-electron chi connectivity index (χ4n) is 3.19. The first-order chi connectivity index (χ1) is 13.1. The molecule has 0 bridgehead atoms. The van der Waals surface area contributed by atoms with Crippen LogP contribution in [0.2, 0.25) is 0 Å². The second-order valence-corrected chi connectivity index (χ2v) is 6.79. The largest absolute Gasteiger partial charge is 0.755 e. The van der Waals surface area contributed by atoms with Gasteiger partial charge in [-0.15, -0.1) is 0 Å². The number of halogens is 1. The molecule has 1 aromatic heterocycles. The molecule has 1 aliphatic carbocycles. The maximum atomic E-state index is 14.8. The summed E-state index contributed by atoms with van der Waals surface area (Å²) in [5.74, 6) is -0.679.